The average molecular weight is 539 g/mol. The van der Waals surface area contributed by atoms with E-state index in [0.717, 1.165) is 12.8 Å². The van der Waals surface area contributed by atoms with E-state index in [1.165, 1.54) is 10.4 Å². The Bertz CT molecular complexity index is 1020. The Morgan fingerprint density at radius 3 is 1.89 bits per heavy atom. The molecule has 1 aliphatic carbocycles. The molecular weight excluding hydrogens is 493 g/mol. The van der Waals surface area contributed by atoms with Crippen LogP contribution < -0.4 is 10.4 Å². The van der Waals surface area contributed by atoms with E-state index >= 15 is 0 Å². The number of ether oxygens (including phenoxy) is 1. The van der Waals surface area contributed by atoms with Gasteiger partial charge in [-0.15, -0.1) is 0 Å². The standard InChI is InChI=1S/C31H46O4Si2/c1-30(2,3)36(7,8)33-20-19-25-26-21-29(32)34-27(26)22-28(25)35-37(31(4,5)6,23-15-11-9-12-16-23)24-17-13-10-14-18-24/h9-18,25-28H,19-22H2,1-8H3. The van der Waals surface area contributed by atoms with Gasteiger partial charge in [-0.05, 0) is 45.9 Å². The molecule has 2 aromatic carbocycles. The lowest BCUT2D eigenvalue weighted by molar-refractivity contribution is -0.141. The summed E-state index contributed by atoms with van der Waals surface area (Å²) in [6, 6.07) is 21.7. The number of fused-ring (bicyclic) bond motifs is 1. The Morgan fingerprint density at radius 2 is 1.41 bits per heavy atom. The second kappa shape index (κ2) is 10.4. The van der Waals surface area contributed by atoms with Crippen LogP contribution in [0.15, 0.2) is 60.7 Å². The van der Waals surface area contributed by atoms with Crippen molar-refractivity contribution in [3.63, 3.8) is 0 Å². The first kappa shape index (κ1) is 28.3. The van der Waals surface area contributed by atoms with E-state index in [1.807, 2.05) is 0 Å². The number of carbonyl (C=O) groups is 1. The SMILES string of the molecule is CC(C)(C)[Si](C)(C)OCCC1C(O[Si](c2ccccc2)(c2ccccc2)C(C)(C)C)CC2OC(=O)CC21. The molecule has 0 N–H and O–H groups in total. The summed E-state index contributed by atoms with van der Waals surface area (Å²) in [6.07, 6.45) is 2.14. The van der Waals surface area contributed by atoms with Crippen LogP contribution >= 0.6 is 0 Å². The molecule has 1 saturated heterocycles. The predicted octanol–water partition coefficient (Wildman–Crippen LogP) is 6.30. The molecule has 2 fully saturated rings. The van der Waals surface area contributed by atoms with Crippen molar-refractivity contribution in [3.8, 4) is 0 Å². The van der Waals surface area contributed by atoms with Crippen molar-refractivity contribution in [2.24, 2.45) is 11.8 Å². The van der Waals surface area contributed by atoms with Crippen LogP contribution in [-0.2, 0) is 18.4 Å². The molecule has 2 aromatic rings. The molecule has 0 radical (unpaired) electrons. The molecule has 1 aliphatic heterocycles. The van der Waals surface area contributed by atoms with E-state index in [9.17, 15) is 4.79 Å². The smallest absolute Gasteiger partial charge is 0.306 e. The van der Waals surface area contributed by atoms with Crippen LogP contribution in [0, 0.1) is 11.8 Å². The Labute approximate surface area is 226 Å². The summed E-state index contributed by atoms with van der Waals surface area (Å²) in [5, 5.41) is 2.66. The number of hydrogen-bond acceptors (Lipinski definition) is 4. The first-order chi connectivity index (χ1) is 17.3. The summed E-state index contributed by atoms with van der Waals surface area (Å²) in [7, 11) is -4.56. The third-order valence-electron chi connectivity index (χ3n) is 9.12. The van der Waals surface area contributed by atoms with Crippen molar-refractivity contribution in [2.75, 3.05) is 6.61 Å². The van der Waals surface area contributed by atoms with Gasteiger partial charge in [-0.25, -0.2) is 0 Å². The van der Waals surface area contributed by atoms with Crippen molar-refractivity contribution in [2.45, 2.75) is 96.2 Å². The zero-order valence-corrected chi connectivity index (χ0v) is 26.0. The molecular formula is C31H46O4Si2. The van der Waals surface area contributed by atoms with Crippen LogP contribution in [0.25, 0.3) is 0 Å². The highest BCUT2D eigenvalue weighted by atomic mass is 28.4. The highest BCUT2D eigenvalue weighted by Gasteiger charge is 2.57. The van der Waals surface area contributed by atoms with Crippen LogP contribution in [0.3, 0.4) is 0 Å². The van der Waals surface area contributed by atoms with E-state index in [0.29, 0.717) is 13.0 Å². The first-order valence-electron chi connectivity index (χ1n) is 13.9. The van der Waals surface area contributed by atoms with Crippen molar-refractivity contribution in [1.82, 2.24) is 0 Å². The summed E-state index contributed by atoms with van der Waals surface area (Å²) < 4.78 is 20.0. The fourth-order valence-corrected chi connectivity index (χ4v) is 11.9. The third-order valence-corrected chi connectivity index (χ3v) is 18.7. The van der Waals surface area contributed by atoms with Crippen molar-refractivity contribution >= 4 is 33.0 Å². The number of carbonyl (C=O) groups excluding carboxylic acids is 1. The maximum Gasteiger partial charge on any atom is 0.306 e. The van der Waals surface area contributed by atoms with Crippen LogP contribution in [0.4, 0.5) is 0 Å². The van der Waals surface area contributed by atoms with Gasteiger partial charge in [0.2, 0.25) is 0 Å². The molecule has 1 saturated carbocycles. The van der Waals surface area contributed by atoms with Gasteiger partial charge in [-0.1, -0.05) is 102 Å². The molecule has 4 rings (SSSR count). The van der Waals surface area contributed by atoms with E-state index in [1.54, 1.807) is 0 Å². The molecule has 0 spiro atoms. The molecule has 2 aliphatic rings. The van der Waals surface area contributed by atoms with Crippen LogP contribution in [-0.4, -0.2) is 41.4 Å². The second-order valence-corrected chi connectivity index (χ2v) is 22.6. The lowest BCUT2D eigenvalue weighted by atomic mass is 9.90. The molecule has 4 nitrogen and oxygen atoms in total. The van der Waals surface area contributed by atoms with Crippen molar-refractivity contribution in [3.05, 3.63) is 60.7 Å². The Kier molecular flexibility index (Phi) is 7.98. The van der Waals surface area contributed by atoms with Crippen molar-refractivity contribution in [1.29, 1.82) is 0 Å². The summed E-state index contributed by atoms with van der Waals surface area (Å²) in [5.41, 5.74) is 0. The molecule has 37 heavy (non-hydrogen) atoms. The summed E-state index contributed by atoms with van der Waals surface area (Å²) in [4.78, 5) is 12.3. The quantitative estimate of drug-likeness (QED) is 0.292. The van der Waals surface area contributed by atoms with Gasteiger partial charge in [0.15, 0.2) is 8.32 Å². The van der Waals surface area contributed by atoms with Gasteiger partial charge in [0.1, 0.15) is 6.10 Å². The molecule has 0 amide bonds. The van der Waals surface area contributed by atoms with Crippen LogP contribution in [0.1, 0.15) is 60.8 Å². The van der Waals surface area contributed by atoms with Gasteiger partial charge in [0.25, 0.3) is 8.32 Å². The lowest BCUT2D eigenvalue weighted by Gasteiger charge is -2.46. The fraction of sp³-hybridized carbons (Fsp3) is 0.581. The second-order valence-electron chi connectivity index (χ2n) is 13.5. The fourth-order valence-electron chi connectivity index (χ4n) is 6.08. The zero-order valence-electron chi connectivity index (χ0n) is 24.0. The van der Waals surface area contributed by atoms with Gasteiger partial charge in [0.05, 0.1) is 12.5 Å². The zero-order chi connectivity index (χ0) is 27.1. The minimum Gasteiger partial charge on any atom is -0.462 e. The molecule has 4 atom stereocenters. The normalized spacial score (nSPS) is 24.7. The number of benzene rings is 2. The number of rotatable bonds is 8. The Hall–Kier alpha value is -1.74. The maximum atomic E-state index is 12.3. The predicted molar refractivity (Wildman–Crippen MR) is 156 cm³/mol. The molecule has 6 heteroatoms. The van der Waals surface area contributed by atoms with E-state index < -0.39 is 16.6 Å². The molecule has 4 unspecified atom stereocenters. The highest BCUT2D eigenvalue weighted by molar-refractivity contribution is 6.99. The van der Waals surface area contributed by atoms with Crippen molar-refractivity contribution < 1.29 is 18.4 Å². The van der Waals surface area contributed by atoms with Crippen LogP contribution in [0.2, 0.25) is 23.2 Å². The van der Waals surface area contributed by atoms with Gasteiger partial charge >= 0.3 is 5.97 Å². The van der Waals surface area contributed by atoms with Gasteiger partial charge in [-0.3, -0.25) is 4.79 Å². The number of esters is 1. The third kappa shape index (κ3) is 5.54. The molecule has 0 bridgehead atoms. The highest BCUT2D eigenvalue weighted by Crippen LogP contribution is 2.48. The Morgan fingerprint density at radius 1 is 0.865 bits per heavy atom. The summed E-state index contributed by atoms with van der Waals surface area (Å²) in [6.45, 7) is 19.1. The average Bonchev–Trinajstić information content (AvgIpc) is 3.32. The van der Waals surface area contributed by atoms with Gasteiger partial charge in [0, 0.05) is 18.9 Å². The first-order valence-corrected chi connectivity index (χ1v) is 18.7. The summed E-state index contributed by atoms with van der Waals surface area (Å²) in [5.74, 6) is 0.385. The van der Waals surface area contributed by atoms with E-state index in [2.05, 4.69) is 115 Å². The van der Waals surface area contributed by atoms with Gasteiger partial charge < -0.3 is 13.6 Å². The Balaban J connectivity index is 1.69. The molecule has 202 valence electrons. The summed E-state index contributed by atoms with van der Waals surface area (Å²) >= 11 is 0. The molecule has 1 heterocycles. The van der Waals surface area contributed by atoms with E-state index in [4.69, 9.17) is 13.6 Å². The maximum absolute atomic E-state index is 12.3. The monoisotopic (exact) mass is 538 g/mol. The van der Waals surface area contributed by atoms with E-state index in [-0.39, 0.29) is 40.1 Å². The topological polar surface area (TPSA) is 44.8 Å². The lowest BCUT2D eigenvalue weighted by Crippen LogP contribution is -2.68. The minimum atomic E-state index is -2.70. The van der Waals surface area contributed by atoms with Crippen LogP contribution in [0.5, 0.6) is 0 Å². The molecule has 0 aromatic heterocycles. The number of hydrogen-bond donors (Lipinski definition) is 0. The minimum absolute atomic E-state index is 0.0254. The largest absolute Gasteiger partial charge is 0.462 e. The van der Waals surface area contributed by atoms with Gasteiger partial charge in [-0.2, -0.15) is 0 Å².